The summed E-state index contributed by atoms with van der Waals surface area (Å²) in [6.07, 6.45) is 7.88. The summed E-state index contributed by atoms with van der Waals surface area (Å²) < 4.78 is 0. The molecule has 170 valence electrons. The van der Waals surface area contributed by atoms with E-state index in [1.807, 2.05) is 39.8 Å². The van der Waals surface area contributed by atoms with Crippen molar-refractivity contribution < 1.29 is 0 Å². The molecule has 33 heavy (non-hydrogen) atoms. The monoisotopic (exact) mass is 434 g/mol. The van der Waals surface area contributed by atoms with Crippen LogP contribution in [0.4, 0.5) is 0 Å². The van der Waals surface area contributed by atoms with Gasteiger partial charge in [0.2, 0.25) is 0 Å². The van der Waals surface area contributed by atoms with E-state index in [-0.39, 0.29) is 0 Å². The summed E-state index contributed by atoms with van der Waals surface area (Å²) in [4.78, 5) is 0. The van der Waals surface area contributed by atoms with Gasteiger partial charge in [-0.05, 0) is 145 Å². The summed E-state index contributed by atoms with van der Waals surface area (Å²) in [6, 6.07) is 0. The highest BCUT2D eigenvalue weighted by atomic mass is 14.3. The molecule has 0 aromatic rings. The van der Waals surface area contributed by atoms with Crippen LogP contribution in [0.2, 0.25) is 0 Å². The minimum absolute atomic E-state index is 0.938. The standard InChI is InChI=1S/C19H10.2C5H10.C4H8/c1-4-6-7-8-9-10-11-12-13-14-15-16-17-18-19(3)5-2;2*1-4-3-5(4)2;1-3-4-2/h1,5H2,2-3H3;2*4-5H,3H2,1-2H3;3-4H,1-2H3/b;;;4-3-. The summed E-state index contributed by atoms with van der Waals surface area (Å²) in [7, 11) is 0. The van der Waals surface area contributed by atoms with Crippen molar-refractivity contribution in [2.75, 3.05) is 0 Å². The van der Waals surface area contributed by atoms with Gasteiger partial charge in [-0.15, -0.1) is 0 Å². The first-order chi connectivity index (χ1) is 15.8. The molecule has 4 unspecified atom stereocenters. The molecule has 0 aromatic heterocycles. The normalized spacial score (nSPS) is 18.9. The van der Waals surface area contributed by atoms with E-state index in [9.17, 15) is 0 Å². The molecule has 0 nitrogen and oxygen atoms in total. The molecular weight excluding hydrogens is 396 g/mol. The molecule has 2 saturated carbocycles. The zero-order valence-electron chi connectivity index (χ0n) is 21.8. The number of hydrogen-bond donors (Lipinski definition) is 0. The van der Waals surface area contributed by atoms with Gasteiger partial charge < -0.3 is 0 Å². The average molecular weight is 435 g/mol. The first-order valence-corrected chi connectivity index (χ1v) is 11.5. The number of hydrogen-bond acceptors (Lipinski definition) is 0. The van der Waals surface area contributed by atoms with Crippen LogP contribution in [0.5, 0.6) is 0 Å². The van der Waals surface area contributed by atoms with Gasteiger partial charge in [0, 0.05) is 0 Å². The lowest BCUT2D eigenvalue weighted by atomic mass is 10.3. The molecule has 0 N–H and O–H groups in total. The minimum atomic E-state index is 0.938. The Morgan fingerprint density at radius 2 is 0.909 bits per heavy atom. The van der Waals surface area contributed by atoms with Crippen LogP contribution in [-0.2, 0) is 0 Å². The van der Waals surface area contributed by atoms with Gasteiger partial charge in [0.1, 0.15) is 0 Å². The number of allylic oxidation sites excluding steroid dienone is 3. The van der Waals surface area contributed by atoms with Crippen LogP contribution in [0.25, 0.3) is 0 Å². The third kappa shape index (κ3) is 28.4. The van der Waals surface area contributed by atoms with Crippen molar-refractivity contribution in [1.29, 1.82) is 0 Å². The largest absolute Gasteiger partial charge is 0.0919 e. The fourth-order valence-electron chi connectivity index (χ4n) is 1.60. The highest BCUT2D eigenvalue weighted by molar-refractivity contribution is 4.97. The van der Waals surface area contributed by atoms with Gasteiger partial charge in [0.15, 0.2) is 0 Å². The summed E-state index contributed by atoms with van der Waals surface area (Å²) >= 11 is 0. The van der Waals surface area contributed by atoms with E-state index in [0.717, 1.165) is 35.7 Å². The maximum absolute atomic E-state index is 3.31. The average Bonchev–Trinajstić information content (AvgIpc) is 3.69. The van der Waals surface area contributed by atoms with Crippen molar-refractivity contribution in [3.05, 3.63) is 105 Å². The lowest BCUT2D eigenvalue weighted by molar-refractivity contribution is 0.834. The predicted molar refractivity (Wildman–Crippen MR) is 141 cm³/mol. The highest BCUT2D eigenvalue weighted by Crippen LogP contribution is 2.36. The van der Waals surface area contributed by atoms with Crippen LogP contribution in [0.15, 0.2) is 105 Å². The second-order valence-electron chi connectivity index (χ2n) is 7.98. The quantitative estimate of drug-likeness (QED) is 0.285. The molecule has 0 radical (unpaired) electrons. The molecule has 0 heterocycles. The van der Waals surface area contributed by atoms with E-state index in [4.69, 9.17) is 0 Å². The van der Waals surface area contributed by atoms with Crippen LogP contribution in [0, 0.1) is 23.7 Å². The second kappa shape index (κ2) is 23.1. The molecule has 0 amide bonds. The van der Waals surface area contributed by atoms with Crippen LogP contribution >= 0.6 is 0 Å². The van der Waals surface area contributed by atoms with E-state index in [0.29, 0.717) is 0 Å². The molecule has 0 saturated heterocycles. The Morgan fingerprint density at radius 3 is 1.12 bits per heavy atom. The molecule has 4 atom stereocenters. The Labute approximate surface area is 202 Å². The lowest BCUT2D eigenvalue weighted by Crippen LogP contribution is -1.61. The zero-order chi connectivity index (χ0) is 25.3. The molecule has 0 aliphatic heterocycles. The van der Waals surface area contributed by atoms with Crippen molar-refractivity contribution in [3.8, 4) is 0 Å². The highest BCUT2D eigenvalue weighted by Gasteiger charge is 2.26. The Balaban J connectivity index is 0. The van der Waals surface area contributed by atoms with E-state index < -0.39 is 0 Å². The van der Waals surface area contributed by atoms with Crippen LogP contribution < -0.4 is 0 Å². The topological polar surface area (TPSA) is 0 Å². The van der Waals surface area contributed by atoms with Gasteiger partial charge in [-0.25, -0.2) is 0 Å². The van der Waals surface area contributed by atoms with E-state index in [2.05, 4.69) is 115 Å². The molecule has 0 heteroatoms. The predicted octanol–water partition coefficient (Wildman–Crippen LogP) is 9.05. The zero-order valence-corrected chi connectivity index (χ0v) is 21.8. The van der Waals surface area contributed by atoms with Crippen LogP contribution in [0.3, 0.4) is 0 Å². The summed E-state index contributed by atoms with van der Waals surface area (Å²) in [6.45, 7) is 20.5. The maximum Gasteiger partial charge on any atom is -0.00000000000926 e. The fourth-order valence-corrected chi connectivity index (χ4v) is 1.60. The molecule has 0 aromatic carbocycles. The Hall–Kier alpha value is -3.60. The van der Waals surface area contributed by atoms with Gasteiger partial charge in [0.25, 0.3) is 0 Å². The van der Waals surface area contributed by atoms with E-state index >= 15 is 0 Å². The van der Waals surface area contributed by atoms with Crippen molar-refractivity contribution in [2.45, 2.75) is 74.7 Å². The number of rotatable bonds is 1. The molecule has 2 fully saturated rings. The van der Waals surface area contributed by atoms with Crippen LogP contribution in [0.1, 0.15) is 74.7 Å². The minimum Gasteiger partial charge on any atom is -0.0919 e. The fraction of sp³-hybridized carbons (Fsp3) is 0.455. The Morgan fingerprint density at radius 1 is 0.636 bits per heavy atom. The summed E-state index contributed by atoms with van der Waals surface area (Å²) in [5.74, 6) is 4.20. The molecule has 0 spiro atoms. The van der Waals surface area contributed by atoms with Gasteiger partial charge in [-0.2, -0.15) is 0 Å². The SMILES string of the molecule is C/C=C\C.C=C=C=C=C=C=C=C=C=C=C=C=C=C=C=C(C)CC.CC1CC1C.CC1CC1C. The molecule has 2 aliphatic carbocycles. The molecule has 2 aliphatic rings. The molecule has 2 rings (SSSR count). The van der Waals surface area contributed by atoms with Crippen LogP contribution in [-0.4, -0.2) is 0 Å². The lowest BCUT2D eigenvalue weighted by Gasteiger charge is -1.79. The molecule has 0 bridgehead atoms. The third-order valence-corrected chi connectivity index (χ3v) is 4.94. The van der Waals surface area contributed by atoms with Crippen molar-refractivity contribution in [2.24, 2.45) is 23.7 Å². The Kier molecular flexibility index (Phi) is 22.1. The van der Waals surface area contributed by atoms with Gasteiger partial charge in [-0.1, -0.05) is 58.2 Å². The van der Waals surface area contributed by atoms with Crippen molar-refractivity contribution in [1.82, 2.24) is 0 Å². The first kappa shape index (κ1) is 31.6. The van der Waals surface area contributed by atoms with Gasteiger partial charge in [-0.3, -0.25) is 0 Å². The first-order valence-electron chi connectivity index (χ1n) is 11.5. The van der Waals surface area contributed by atoms with Crippen molar-refractivity contribution >= 4 is 0 Å². The maximum atomic E-state index is 3.31. The smallest absolute Gasteiger partial charge is 0.00000000000926 e. The van der Waals surface area contributed by atoms with E-state index in [1.54, 1.807) is 0 Å². The van der Waals surface area contributed by atoms with Gasteiger partial charge >= 0.3 is 0 Å². The summed E-state index contributed by atoms with van der Waals surface area (Å²) in [5, 5.41) is 0. The molecular formula is C33H38. The van der Waals surface area contributed by atoms with Gasteiger partial charge in [0.05, 0.1) is 0 Å². The van der Waals surface area contributed by atoms with Crippen molar-refractivity contribution in [3.63, 3.8) is 0 Å². The second-order valence-corrected chi connectivity index (χ2v) is 7.98. The Bertz CT molecular complexity index is 1110. The third-order valence-electron chi connectivity index (χ3n) is 4.94. The summed E-state index contributed by atoms with van der Waals surface area (Å²) in [5.41, 5.74) is 36.9. The van der Waals surface area contributed by atoms with E-state index in [1.165, 1.54) is 12.8 Å².